The summed E-state index contributed by atoms with van der Waals surface area (Å²) in [6, 6.07) is 11.1. The van der Waals surface area contributed by atoms with Crippen LogP contribution < -0.4 is 10.1 Å². The van der Waals surface area contributed by atoms with Gasteiger partial charge in [0.2, 0.25) is 5.91 Å². The third kappa shape index (κ3) is 7.39. The second-order valence-electron chi connectivity index (χ2n) is 8.00. The zero-order valence-electron chi connectivity index (χ0n) is 19.1. The van der Waals surface area contributed by atoms with Gasteiger partial charge in [-0.25, -0.2) is 4.39 Å². The first-order valence-corrected chi connectivity index (χ1v) is 10.8. The highest BCUT2D eigenvalue weighted by atomic mass is 19.1. The van der Waals surface area contributed by atoms with Crippen molar-refractivity contribution in [2.24, 2.45) is 0 Å². The van der Waals surface area contributed by atoms with Crippen LogP contribution in [-0.2, 0) is 16.1 Å². The Kier molecular flexibility index (Phi) is 9.03. The smallest absolute Gasteiger partial charge is 0.261 e. The first-order chi connectivity index (χ1) is 14.7. The van der Waals surface area contributed by atoms with Crippen LogP contribution in [0, 0.1) is 19.7 Å². The van der Waals surface area contributed by atoms with E-state index >= 15 is 0 Å². The van der Waals surface area contributed by atoms with Crippen molar-refractivity contribution in [3.8, 4) is 5.75 Å². The van der Waals surface area contributed by atoms with E-state index in [-0.39, 0.29) is 36.8 Å². The number of nitrogens with zero attached hydrogens (tertiary/aromatic N) is 1. The average molecular weight is 429 g/mol. The van der Waals surface area contributed by atoms with E-state index in [9.17, 15) is 14.0 Å². The Morgan fingerprint density at radius 3 is 2.19 bits per heavy atom. The predicted molar refractivity (Wildman–Crippen MR) is 120 cm³/mol. The van der Waals surface area contributed by atoms with E-state index in [1.54, 1.807) is 12.1 Å². The summed E-state index contributed by atoms with van der Waals surface area (Å²) in [7, 11) is 0. The normalized spacial score (nSPS) is 12.7. The van der Waals surface area contributed by atoms with E-state index in [1.165, 1.54) is 17.0 Å². The summed E-state index contributed by atoms with van der Waals surface area (Å²) in [4.78, 5) is 27.6. The Morgan fingerprint density at radius 2 is 1.65 bits per heavy atom. The van der Waals surface area contributed by atoms with Crippen LogP contribution in [0.2, 0.25) is 0 Å². The molecule has 0 fully saturated rings. The number of hydrogen-bond donors (Lipinski definition) is 1. The number of carbonyl (C=O) groups is 2. The number of hydrogen-bond acceptors (Lipinski definition) is 3. The number of carbonyl (C=O) groups excluding carboxylic acids is 2. The fourth-order valence-electron chi connectivity index (χ4n) is 3.39. The van der Waals surface area contributed by atoms with Gasteiger partial charge >= 0.3 is 0 Å². The van der Waals surface area contributed by atoms with Gasteiger partial charge in [-0.3, -0.25) is 9.59 Å². The molecule has 168 valence electrons. The molecule has 2 atom stereocenters. The summed E-state index contributed by atoms with van der Waals surface area (Å²) < 4.78 is 19.1. The monoisotopic (exact) mass is 428 g/mol. The fourth-order valence-corrected chi connectivity index (χ4v) is 3.39. The van der Waals surface area contributed by atoms with Crippen LogP contribution in [0.1, 0.15) is 50.3 Å². The summed E-state index contributed by atoms with van der Waals surface area (Å²) in [6.45, 7) is 9.74. The van der Waals surface area contributed by atoms with Gasteiger partial charge in [0.05, 0.1) is 0 Å². The predicted octanol–water partition coefficient (Wildman–Crippen LogP) is 4.54. The molecule has 0 bridgehead atoms. The van der Waals surface area contributed by atoms with Crippen LogP contribution >= 0.6 is 0 Å². The maximum absolute atomic E-state index is 13.3. The first kappa shape index (κ1) is 24.4. The molecule has 2 rings (SSSR count). The van der Waals surface area contributed by atoms with E-state index in [1.807, 2.05) is 52.8 Å². The van der Waals surface area contributed by atoms with Crippen molar-refractivity contribution in [2.45, 2.75) is 66.1 Å². The average Bonchev–Trinajstić information content (AvgIpc) is 2.72. The van der Waals surface area contributed by atoms with Gasteiger partial charge in [0.25, 0.3) is 5.91 Å². The van der Waals surface area contributed by atoms with Crippen molar-refractivity contribution in [2.75, 3.05) is 6.61 Å². The van der Waals surface area contributed by atoms with Crippen LogP contribution in [0.25, 0.3) is 0 Å². The number of aryl methyl sites for hydroxylation is 2. The van der Waals surface area contributed by atoms with Crippen molar-refractivity contribution in [1.82, 2.24) is 10.2 Å². The van der Waals surface area contributed by atoms with E-state index in [0.29, 0.717) is 12.2 Å². The van der Waals surface area contributed by atoms with Crippen LogP contribution in [-0.4, -0.2) is 35.4 Å². The second kappa shape index (κ2) is 11.5. The molecule has 0 saturated carbocycles. The summed E-state index contributed by atoms with van der Waals surface area (Å²) in [6.07, 6.45) is 1.25. The SMILES string of the molecule is CCC(C)NC(=O)C(CC)N(Cc1ccc(F)cc1)C(=O)COc1cc(C)cc(C)c1. The Balaban J connectivity index is 2.22. The third-order valence-corrected chi connectivity index (χ3v) is 5.21. The molecule has 5 nitrogen and oxygen atoms in total. The minimum Gasteiger partial charge on any atom is -0.484 e. The standard InChI is InChI=1S/C25H33FN2O3/c1-6-19(5)27-25(30)23(7-2)28(15-20-8-10-21(26)11-9-20)24(29)16-31-22-13-17(3)12-18(4)14-22/h8-14,19,23H,6-7,15-16H2,1-5H3,(H,27,30). The van der Waals surface area contributed by atoms with Gasteiger partial charge in [0, 0.05) is 12.6 Å². The lowest BCUT2D eigenvalue weighted by atomic mass is 10.1. The molecule has 6 heteroatoms. The first-order valence-electron chi connectivity index (χ1n) is 10.8. The lowest BCUT2D eigenvalue weighted by molar-refractivity contribution is -0.143. The number of halogens is 1. The van der Waals surface area contributed by atoms with Crippen molar-refractivity contribution in [1.29, 1.82) is 0 Å². The van der Waals surface area contributed by atoms with Gasteiger partial charge in [-0.1, -0.05) is 32.0 Å². The molecule has 0 spiro atoms. The molecule has 2 aromatic carbocycles. The van der Waals surface area contributed by atoms with E-state index in [4.69, 9.17) is 4.74 Å². The van der Waals surface area contributed by atoms with Crippen molar-refractivity contribution in [3.05, 3.63) is 65.0 Å². The van der Waals surface area contributed by atoms with Crippen LogP contribution in [0.3, 0.4) is 0 Å². The molecule has 0 aliphatic carbocycles. The lowest BCUT2D eigenvalue weighted by Gasteiger charge is -2.31. The molecule has 0 aromatic heterocycles. The number of nitrogens with one attached hydrogen (secondary N) is 1. The van der Waals surface area contributed by atoms with Gasteiger partial charge in [-0.05, 0) is 74.6 Å². The molecule has 1 N–H and O–H groups in total. The molecular formula is C25H33FN2O3. The summed E-state index contributed by atoms with van der Waals surface area (Å²) >= 11 is 0. The van der Waals surface area contributed by atoms with Crippen molar-refractivity contribution in [3.63, 3.8) is 0 Å². The molecule has 0 saturated heterocycles. The quantitative estimate of drug-likeness (QED) is 0.604. The summed E-state index contributed by atoms with van der Waals surface area (Å²) in [5.74, 6) is -0.223. The molecule has 0 radical (unpaired) electrons. The lowest BCUT2D eigenvalue weighted by Crippen LogP contribution is -2.51. The Hall–Kier alpha value is -2.89. The van der Waals surface area contributed by atoms with Gasteiger partial charge in [0.15, 0.2) is 6.61 Å². The summed E-state index contributed by atoms with van der Waals surface area (Å²) in [5, 5.41) is 2.97. The van der Waals surface area contributed by atoms with E-state index < -0.39 is 6.04 Å². The second-order valence-corrected chi connectivity index (χ2v) is 8.00. The highest BCUT2D eigenvalue weighted by molar-refractivity contribution is 5.88. The zero-order chi connectivity index (χ0) is 23.0. The number of ether oxygens (including phenoxy) is 1. The van der Waals surface area contributed by atoms with E-state index in [2.05, 4.69) is 5.32 Å². The van der Waals surface area contributed by atoms with Gasteiger partial charge < -0.3 is 15.0 Å². The van der Waals surface area contributed by atoms with Crippen molar-refractivity contribution < 1.29 is 18.7 Å². The number of benzene rings is 2. The molecule has 0 heterocycles. The molecule has 2 unspecified atom stereocenters. The molecule has 2 amide bonds. The van der Waals surface area contributed by atoms with Crippen LogP contribution in [0.4, 0.5) is 4.39 Å². The Bertz CT molecular complexity index is 863. The van der Waals surface area contributed by atoms with Crippen molar-refractivity contribution >= 4 is 11.8 Å². The van der Waals surface area contributed by atoms with Gasteiger partial charge in [-0.2, -0.15) is 0 Å². The molecule has 31 heavy (non-hydrogen) atoms. The number of amides is 2. The van der Waals surface area contributed by atoms with E-state index in [0.717, 1.165) is 23.1 Å². The minimum absolute atomic E-state index is 0.0100. The molecule has 0 aliphatic heterocycles. The minimum atomic E-state index is -0.644. The third-order valence-electron chi connectivity index (χ3n) is 5.21. The van der Waals surface area contributed by atoms with Crippen LogP contribution in [0.15, 0.2) is 42.5 Å². The Labute approximate surface area is 184 Å². The maximum atomic E-state index is 13.3. The zero-order valence-corrected chi connectivity index (χ0v) is 19.1. The van der Waals surface area contributed by atoms with Crippen LogP contribution in [0.5, 0.6) is 5.75 Å². The van der Waals surface area contributed by atoms with Gasteiger partial charge in [0.1, 0.15) is 17.6 Å². The highest BCUT2D eigenvalue weighted by Gasteiger charge is 2.29. The topological polar surface area (TPSA) is 58.6 Å². The number of rotatable bonds is 10. The molecule has 2 aromatic rings. The Morgan fingerprint density at radius 1 is 1.03 bits per heavy atom. The maximum Gasteiger partial charge on any atom is 0.261 e. The molecular weight excluding hydrogens is 395 g/mol. The highest BCUT2D eigenvalue weighted by Crippen LogP contribution is 2.18. The summed E-state index contributed by atoms with van der Waals surface area (Å²) in [5.41, 5.74) is 2.84. The van der Waals surface area contributed by atoms with Gasteiger partial charge in [-0.15, -0.1) is 0 Å². The fraction of sp³-hybridized carbons (Fsp3) is 0.440. The largest absolute Gasteiger partial charge is 0.484 e. The molecule has 0 aliphatic rings.